The Morgan fingerprint density at radius 1 is 1.00 bits per heavy atom. The van der Waals surface area contributed by atoms with Crippen LogP contribution in [-0.4, -0.2) is 11.2 Å². The van der Waals surface area contributed by atoms with E-state index in [1.807, 2.05) is 0 Å². The van der Waals surface area contributed by atoms with Crippen LogP contribution in [0.2, 0.25) is 0 Å². The topological polar surface area (TPSA) is 9.23 Å². The molecule has 0 amide bonds. The quantitative estimate of drug-likeness (QED) is 0.604. The standard InChI is InChI=1S/C12H24O/c1-10(2,3)8-9-11(4,5)13-12(9,6)7/h9H,8H2,1-7H3. The average molecular weight is 184 g/mol. The van der Waals surface area contributed by atoms with E-state index in [1.54, 1.807) is 0 Å². The molecule has 0 aromatic rings. The van der Waals surface area contributed by atoms with E-state index in [1.165, 1.54) is 6.42 Å². The molecule has 1 aliphatic heterocycles. The van der Waals surface area contributed by atoms with E-state index in [9.17, 15) is 0 Å². The van der Waals surface area contributed by atoms with Gasteiger partial charge in [-0.1, -0.05) is 20.8 Å². The first-order valence-corrected chi connectivity index (χ1v) is 5.25. The van der Waals surface area contributed by atoms with Gasteiger partial charge in [0.25, 0.3) is 0 Å². The second-order valence-electron chi connectivity index (χ2n) is 6.63. The molecule has 0 radical (unpaired) electrons. The van der Waals surface area contributed by atoms with E-state index in [0.29, 0.717) is 11.3 Å². The third-order valence-electron chi connectivity index (χ3n) is 3.02. The fourth-order valence-electron chi connectivity index (χ4n) is 2.70. The van der Waals surface area contributed by atoms with Crippen molar-refractivity contribution >= 4 is 0 Å². The third-order valence-corrected chi connectivity index (χ3v) is 3.02. The van der Waals surface area contributed by atoms with Crippen LogP contribution in [-0.2, 0) is 4.74 Å². The molecule has 0 saturated carbocycles. The maximum Gasteiger partial charge on any atom is 0.0689 e. The zero-order chi connectivity index (χ0) is 10.5. The molecule has 0 spiro atoms. The lowest BCUT2D eigenvalue weighted by molar-refractivity contribution is -0.300. The number of hydrogen-bond donors (Lipinski definition) is 0. The van der Waals surface area contributed by atoms with Crippen molar-refractivity contribution in [3.8, 4) is 0 Å². The lowest BCUT2D eigenvalue weighted by Crippen LogP contribution is -2.63. The summed E-state index contributed by atoms with van der Waals surface area (Å²) in [5, 5.41) is 0. The van der Waals surface area contributed by atoms with Crippen molar-refractivity contribution in [2.24, 2.45) is 11.3 Å². The van der Waals surface area contributed by atoms with Crippen molar-refractivity contribution in [1.29, 1.82) is 0 Å². The SMILES string of the molecule is CC(C)(C)CC1C(C)(C)OC1(C)C. The van der Waals surface area contributed by atoms with Crippen molar-refractivity contribution in [1.82, 2.24) is 0 Å². The van der Waals surface area contributed by atoms with Crippen molar-refractivity contribution in [3.63, 3.8) is 0 Å². The highest BCUT2D eigenvalue weighted by molar-refractivity contribution is 5.03. The van der Waals surface area contributed by atoms with Crippen LogP contribution in [0.4, 0.5) is 0 Å². The van der Waals surface area contributed by atoms with E-state index in [-0.39, 0.29) is 11.2 Å². The van der Waals surface area contributed by atoms with E-state index < -0.39 is 0 Å². The molecule has 1 heterocycles. The Kier molecular flexibility index (Phi) is 2.31. The van der Waals surface area contributed by atoms with Gasteiger partial charge in [-0.15, -0.1) is 0 Å². The van der Waals surface area contributed by atoms with Crippen molar-refractivity contribution in [2.45, 2.75) is 66.1 Å². The molecule has 0 aliphatic carbocycles. The lowest BCUT2D eigenvalue weighted by atomic mass is 9.65. The van der Waals surface area contributed by atoms with Gasteiger partial charge in [-0.05, 0) is 39.5 Å². The van der Waals surface area contributed by atoms with Crippen LogP contribution in [0, 0.1) is 11.3 Å². The van der Waals surface area contributed by atoms with Gasteiger partial charge in [0.05, 0.1) is 11.2 Å². The molecule has 0 aromatic heterocycles. The molecule has 13 heavy (non-hydrogen) atoms. The van der Waals surface area contributed by atoms with Crippen LogP contribution in [0.3, 0.4) is 0 Å². The summed E-state index contributed by atoms with van der Waals surface area (Å²) in [7, 11) is 0. The van der Waals surface area contributed by atoms with Gasteiger partial charge in [0.2, 0.25) is 0 Å². The Morgan fingerprint density at radius 2 is 1.38 bits per heavy atom. The third kappa shape index (κ3) is 2.25. The Labute approximate surface area is 82.9 Å². The van der Waals surface area contributed by atoms with E-state index in [4.69, 9.17) is 4.74 Å². The predicted molar refractivity (Wildman–Crippen MR) is 56.8 cm³/mol. The first-order valence-electron chi connectivity index (χ1n) is 5.25. The van der Waals surface area contributed by atoms with E-state index in [0.717, 1.165) is 0 Å². The molecule has 1 nitrogen and oxygen atoms in total. The normalized spacial score (nSPS) is 27.0. The molecule has 1 heteroatoms. The largest absolute Gasteiger partial charge is 0.369 e. The maximum absolute atomic E-state index is 5.87. The van der Waals surface area contributed by atoms with Crippen LogP contribution in [0.15, 0.2) is 0 Å². The van der Waals surface area contributed by atoms with Crippen LogP contribution >= 0.6 is 0 Å². The van der Waals surface area contributed by atoms with Gasteiger partial charge in [0.1, 0.15) is 0 Å². The molecular formula is C12H24O. The highest BCUT2D eigenvalue weighted by Gasteiger charge is 2.54. The van der Waals surface area contributed by atoms with E-state index >= 15 is 0 Å². The fraction of sp³-hybridized carbons (Fsp3) is 1.00. The first-order chi connectivity index (χ1) is 5.55. The second kappa shape index (κ2) is 2.73. The Hall–Kier alpha value is -0.0400. The molecule has 78 valence electrons. The Morgan fingerprint density at radius 3 is 1.54 bits per heavy atom. The van der Waals surface area contributed by atoms with Gasteiger partial charge in [0.15, 0.2) is 0 Å². The molecule has 0 unspecified atom stereocenters. The second-order valence-corrected chi connectivity index (χ2v) is 6.63. The number of hydrogen-bond acceptors (Lipinski definition) is 1. The summed E-state index contributed by atoms with van der Waals surface area (Å²) < 4.78 is 5.87. The zero-order valence-corrected chi connectivity index (χ0v) is 10.2. The van der Waals surface area contributed by atoms with E-state index in [2.05, 4.69) is 48.5 Å². The zero-order valence-electron chi connectivity index (χ0n) is 10.2. The summed E-state index contributed by atoms with van der Waals surface area (Å²) in [6.07, 6.45) is 1.24. The van der Waals surface area contributed by atoms with Crippen LogP contribution in [0.25, 0.3) is 0 Å². The molecule has 1 rings (SSSR count). The highest BCUT2D eigenvalue weighted by atomic mass is 16.6. The smallest absolute Gasteiger partial charge is 0.0689 e. The number of rotatable bonds is 1. The van der Waals surface area contributed by atoms with Crippen molar-refractivity contribution < 1.29 is 4.74 Å². The minimum atomic E-state index is 0.0801. The van der Waals surface area contributed by atoms with Crippen LogP contribution in [0.5, 0.6) is 0 Å². The van der Waals surface area contributed by atoms with Gasteiger partial charge in [-0.25, -0.2) is 0 Å². The molecular weight excluding hydrogens is 160 g/mol. The maximum atomic E-state index is 5.87. The lowest BCUT2D eigenvalue weighted by Gasteiger charge is -2.59. The molecule has 0 aromatic carbocycles. The summed E-state index contributed by atoms with van der Waals surface area (Å²) in [6.45, 7) is 15.7. The summed E-state index contributed by atoms with van der Waals surface area (Å²) >= 11 is 0. The number of ether oxygens (including phenoxy) is 1. The predicted octanol–water partition coefficient (Wildman–Crippen LogP) is 3.63. The summed E-state index contributed by atoms with van der Waals surface area (Å²) in [4.78, 5) is 0. The highest BCUT2D eigenvalue weighted by Crippen LogP contribution is 2.51. The van der Waals surface area contributed by atoms with Gasteiger partial charge >= 0.3 is 0 Å². The monoisotopic (exact) mass is 184 g/mol. The van der Waals surface area contributed by atoms with Gasteiger partial charge < -0.3 is 4.74 Å². The minimum absolute atomic E-state index is 0.0801. The molecule has 0 atom stereocenters. The first kappa shape index (κ1) is 11.0. The van der Waals surface area contributed by atoms with Gasteiger partial charge in [-0.3, -0.25) is 0 Å². The van der Waals surface area contributed by atoms with Crippen LogP contribution in [0.1, 0.15) is 54.9 Å². The van der Waals surface area contributed by atoms with Gasteiger partial charge in [0, 0.05) is 5.92 Å². The minimum Gasteiger partial charge on any atom is -0.369 e. The average Bonchev–Trinajstić information content (AvgIpc) is 1.78. The molecule has 1 fully saturated rings. The summed E-state index contributed by atoms with van der Waals surface area (Å²) in [6, 6.07) is 0. The van der Waals surface area contributed by atoms with Crippen LogP contribution < -0.4 is 0 Å². The summed E-state index contributed by atoms with van der Waals surface area (Å²) in [5.74, 6) is 0.681. The Balaban J connectivity index is 2.67. The summed E-state index contributed by atoms with van der Waals surface area (Å²) in [5.41, 5.74) is 0.566. The fourth-order valence-corrected chi connectivity index (χ4v) is 2.70. The van der Waals surface area contributed by atoms with Crippen molar-refractivity contribution in [3.05, 3.63) is 0 Å². The Bertz CT molecular complexity index is 182. The molecule has 1 saturated heterocycles. The van der Waals surface area contributed by atoms with Crippen molar-refractivity contribution in [2.75, 3.05) is 0 Å². The van der Waals surface area contributed by atoms with Gasteiger partial charge in [-0.2, -0.15) is 0 Å². The molecule has 0 N–H and O–H groups in total. The molecule has 1 aliphatic rings. The molecule has 0 bridgehead atoms.